The molecule has 0 amide bonds. The Kier molecular flexibility index (Phi) is 3.58. The normalized spacial score (nSPS) is 12.9. The van der Waals surface area contributed by atoms with Gasteiger partial charge in [0, 0.05) is 14.1 Å². The number of hydrogen-bond donors (Lipinski definition) is 0. The van der Waals surface area contributed by atoms with E-state index in [1.54, 1.807) is 0 Å². The summed E-state index contributed by atoms with van der Waals surface area (Å²) in [5.74, 6) is -0.915. The Morgan fingerprint density at radius 1 is 1.38 bits per heavy atom. The maximum Gasteiger partial charge on any atom is 0.343 e. The van der Waals surface area contributed by atoms with Crippen molar-refractivity contribution in [1.29, 1.82) is 0 Å². The Morgan fingerprint density at radius 2 is 2.00 bits per heavy atom. The molecule has 0 aliphatic carbocycles. The molecule has 0 saturated carbocycles. The summed E-state index contributed by atoms with van der Waals surface area (Å²) in [6, 6.07) is 0. The molecular formula is C11H13FN4O4S. The highest BCUT2D eigenvalue weighted by Crippen LogP contribution is 2.20. The lowest BCUT2D eigenvalue weighted by atomic mass is 10.4. The molecule has 0 spiro atoms. The van der Waals surface area contributed by atoms with Crippen LogP contribution in [0.1, 0.15) is 11.5 Å². The summed E-state index contributed by atoms with van der Waals surface area (Å²) in [6.45, 7) is 2.81. The van der Waals surface area contributed by atoms with E-state index in [-0.39, 0.29) is 21.8 Å². The predicted molar refractivity (Wildman–Crippen MR) is 69.7 cm³/mol. The first kappa shape index (κ1) is 15.2. The van der Waals surface area contributed by atoms with E-state index in [9.17, 15) is 17.6 Å². The lowest BCUT2D eigenvalue weighted by molar-refractivity contribution is 0.390. The molecule has 0 unspecified atom stereocenters. The van der Waals surface area contributed by atoms with Gasteiger partial charge in [-0.2, -0.15) is 3.97 Å². The van der Waals surface area contributed by atoms with Crippen LogP contribution in [0, 0.1) is 19.7 Å². The molecule has 2 aromatic rings. The van der Waals surface area contributed by atoms with Gasteiger partial charge >= 0.3 is 5.69 Å². The smallest absolute Gasteiger partial charge is 0.343 e. The molecule has 0 radical (unpaired) electrons. The molecule has 0 N–H and O–H groups in total. The van der Waals surface area contributed by atoms with E-state index in [1.807, 2.05) is 0 Å². The van der Waals surface area contributed by atoms with Gasteiger partial charge in [-0.05, 0) is 13.8 Å². The molecule has 0 aliphatic heterocycles. The molecule has 2 aromatic heterocycles. The van der Waals surface area contributed by atoms with Crippen molar-refractivity contribution in [1.82, 2.24) is 13.7 Å². The summed E-state index contributed by atoms with van der Waals surface area (Å²) in [5.41, 5.74) is -1.10. The Labute approximate surface area is 119 Å². The lowest BCUT2D eigenvalue weighted by Gasteiger charge is -2.09. The summed E-state index contributed by atoms with van der Waals surface area (Å²) in [4.78, 5) is 15.5. The van der Waals surface area contributed by atoms with E-state index in [4.69, 9.17) is 4.52 Å². The zero-order valence-corrected chi connectivity index (χ0v) is 12.6. The third kappa shape index (κ3) is 2.20. The molecule has 8 nitrogen and oxygen atoms in total. The minimum absolute atomic E-state index is 0.0201. The third-order valence-electron chi connectivity index (χ3n) is 2.93. The van der Waals surface area contributed by atoms with Crippen LogP contribution in [-0.2, 0) is 17.1 Å². The number of nitrogens with zero attached hydrogens (tertiary/aromatic N) is 4. The van der Waals surface area contributed by atoms with Crippen LogP contribution in [0.25, 0.3) is 0 Å². The highest BCUT2D eigenvalue weighted by Gasteiger charge is 2.28. The van der Waals surface area contributed by atoms with Crippen molar-refractivity contribution in [2.75, 3.05) is 7.05 Å². The fraction of sp³-hybridized carbons (Fsp3) is 0.364. The minimum atomic E-state index is -4.31. The van der Waals surface area contributed by atoms with Crippen LogP contribution in [0.5, 0.6) is 0 Å². The van der Waals surface area contributed by atoms with Crippen molar-refractivity contribution in [2.45, 2.75) is 18.7 Å². The van der Waals surface area contributed by atoms with Crippen molar-refractivity contribution >= 4 is 10.0 Å². The Morgan fingerprint density at radius 3 is 2.48 bits per heavy atom. The molecular weight excluding hydrogens is 303 g/mol. The molecule has 0 aromatic carbocycles. The van der Waals surface area contributed by atoms with Gasteiger partial charge < -0.3 is 4.52 Å². The molecule has 0 aliphatic rings. The highest BCUT2D eigenvalue weighted by molar-refractivity contribution is 7.90. The van der Waals surface area contributed by atoms with Crippen LogP contribution in [0.3, 0.4) is 0 Å². The predicted octanol–water partition coefficient (Wildman–Crippen LogP) is -0.302. The molecule has 0 fully saturated rings. The van der Waals surface area contributed by atoms with E-state index < -0.39 is 21.5 Å². The average molecular weight is 316 g/mol. The van der Waals surface area contributed by atoms with Crippen LogP contribution >= 0.6 is 0 Å². The number of aromatic nitrogens is 3. The molecule has 0 saturated heterocycles. The molecule has 114 valence electrons. The van der Waals surface area contributed by atoms with Gasteiger partial charge in [-0.15, -0.1) is 0 Å². The number of rotatable bonds is 2. The highest BCUT2D eigenvalue weighted by atomic mass is 32.2. The first-order valence-electron chi connectivity index (χ1n) is 5.81. The van der Waals surface area contributed by atoms with E-state index in [0.717, 1.165) is 4.57 Å². The van der Waals surface area contributed by atoms with Gasteiger partial charge in [0.25, 0.3) is 10.0 Å². The van der Waals surface area contributed by atoms with Crippen LogP contribution < -0.4 is 11.2 Å². The second kappa shape index (κ2) is 4.95. The second-order valence-electron chi connectivity index (χ2n) is 4.32. The molecule has 21 heavy (non-hydrogen) atoms. The van der Waals surface area contributed by atoms with Crippen molar-refractivity contribution in [3.05, 3.63) is 39.4 Å². The molecule has 2 heterocycles. The van der Waals surface area contributed by atoms with Gasteiger partial charge in [0.15, 0.2) is 22.0 Å². The number of hydrogen-bond acceptors (Lipinski definition) is 6. The van der Waals surface area contributed by atoms with Crippen molar-refractivity contribution in [3.63, 3.8) is 0 Å². The summed E-state index contributed by atoms with van der Waals surface area (Å²) >= 11 is 0. The van der Waals surface area contributed by atoms with Crippen LogP contribution in [0.2, 0.25) is 0 Å². The maximum absolute atomic E-state index is 13.9. The fourth-order valence-corrected chi connectivity index (χ4v) is 3.55. The van der Waals surface area contributed by atoms with Crippen molar-refractivity contribution in [3.8, 4) is 0 Å². The summed E-state index contributed by atoms with van der Waals surface area (Å²) in [7, 11) is -1.79. The van der Waals surface area contributed by atoms with Gasteiger partial charge in [0.1, 0.15) is 5.69 Å². The standard InChI is InChI=1S/C11H13FN4O4S/c1-6-9(7(2)20-14-6)21(18,19)16-5-8(12)10(13-3)15(4)11(16)17/h5H,1-4H3/b13-10+. The van der Waals surface area contributed by atoms with Gasteiger partial charge in [-0.1, -0.05) is 5.16 Å². The molecule has 10 heteroatoms. The first-order valence-corrected chi connectivity index (χ1v) is 7.25. The van der Waals surface area contributed by atoms with E-state index in [0.29, 0.717) is 10.2 Å². The molecule has 2 rings (SSSR count). The third-order valence-corrected chi connectivity index (χ3v) is 4.81. The number of halogens is 1. The molecule has 0 atom stereocenters. The van der Waals surface area contributed by atoms with Crippen molar-refractivity contribution < 1.29 is 17.3 Å². The topological polar surface area (TPSA) is 99.5 Å². The van der Waals surface area contributed by atoms with Crippen LogP contribution in [0.4, 0.5) is 4.39 Å². The van der Waals surface area contributed by atoms with E-state index >= 15 is 0 Å². The van der Waals surface area contributed by atoms with Gasteiger partial charge in [-0.25, -0.2) is 17.6 Å². The van der Waals surface area contributed by atoms with Crippen molar-refractivity contribution in [2.24, 2.45) is 12.0 Å². The fourth-order valence-electron chi connectivity index (χ4n) is 1.98. The Bertz CT molecular complexity index is 917. The summed E-state index contributed by atoms with van der Waals surface area (Å²) < 4.78 is 44.8. The van der Waals surface area contributed by atoms with E-state index in [1.165, 1.54) is 27.9 Å². The Balaban J connectivity index is 2.89. The Hall–Kier alpha value is -2.23. The second-order valence-corrected chi connectivity index (χ2v) is 6.07. The number of aryl methyl sites for hydroxylation is 2. The van der Waals surface area contributed by atoms with Gasteiger partial charge in [0.05, 0.1) is 6.20 Å². The molecule has 0 bridgehead atoms. The van der Waals surface area contributed by atoms with Crippen LogP contribution in [0.15, 0.2) is 25.4 Å². The average Bonchev–Trinajstić information content (AvgIpc) is 2.74. The monoisotopic (exact) mass is 316 g/mol. The summed E-state index contributed by atoms with van der Waals surface area (Å²) in [5, 5.41) is 3.53. The SMILES string of the molecule is C/N=c1\c(F)cn(S(=O)(=O)c2c(C)noc2C)c(=O)n1C. The minimum Gasteiger partial charge on any atom is -0.360 e. The zero-order valence-electron chi connectivity index (χ0n) is 11.8. The quantitative estimate of drug-likeness (QED) is 0.757. The summed E-state index contributed by atoms with van der Waals surface area (Å²) in [6.07, 6.45) is 0.589. The maximum atomic E-state index is 13.9. The van der Waals surface area contributed by atoms with Gasteiger partial charge in [0.2, 0.25) is 0 Å². The van der Waals surface area contributed by atoms with Gasteiger partial charge in [-0.3, -0.25) is 9.56 Å². The first-order chi connectivity index (χ1) is 9.71. The zero-order chi connectivity index (χ0) is 15.9. The largest absolute Gasteiger partial charge is 0.360 e. The lowest BCUT2D eigenvalue weighted by Crippen LogP contribution is -2.42. The van der Waals surface area contributed by atoms with E-state index in [2.05, 4.69) is 10.1 Å². The van der Waals surface area contributed by atoms with Crippen LogP contribution in [-0.4, -0.2) is 29.2 Å².